The molecule has 1 aromatic heterocycles. The highest BCUT2D eigenvalue weighted by molar-refractivity contribution is 6.02. The monoisotopic (exact) mass is 491 g/mol. The summed E-state index contributed by atoms with van der Waals surface area (Å²) < 4.78 is 0. The molecule has 4 atom stereocenters. The summed E-state index contributed by atoms with van der Waals surface area (Å²) in [6.45, 7) is 9.92. The standard InChI is InChI=1S/C28H37N5O3/c1-16(34)19-7-11-25(30-15-19)33-21-8-9-22(33)14-20(13-21)32-27(36)18-6-10-23(26(29)35)24(12-18)31-17(2)28(3,4)5/h6-7,10-12,15,17,20-22,31H,8-9,13-14H2,1-5H3,(H2,29,35)(H,32,36)/t17?,20-,21+,22-. The van der Waals surface area contributed by atoms with Crippen LogP contribution in [0.1, 0.15) is 91.4 Å². The molecule has 4 N–H and O–H groups in total. The molecule has 4 rings (SSSR count). The number of nitrogens with one attached hydrogen (secondary N) is 2. The molecule has 2 amide bonds. The lowest BCUT2D eigenvalue weighted by Crippen LogP contribution is -2.50. The van der Waals surface area contributed by atoms with E-state index in [9.17, 15) is 14.4 Å². The smallest absolute Gasteiger partial charge is 0.251 e. The Morgan fingerprint density at radius 2 is 1.69 bits per heavy atom. The van der Waals surface area contributed by atoms with E-state index in [2.05, 4.69) is 41.3 Å². The average Bonchev–Trinajstić information content (AvgIpc) is 3.08. The first-order valence-electron chi connectivity index (χ1n) is 12.7. The van der Waals surface area contributed by atoms with Crippen LogP contribution in [0.2, 0.25) is 0 Å². The molecule has 2 aliphatic heterocycles. The van der Waals surface area contributed by atoms with Crippen LogP contribution in [0, 0.1) is 5.41 Å². The Kier molecular flexibility index (Phi) is 7.07. The number of hydrogen-bond donors (Lipinski definition) is 3. The third kappa shape index (κ3) is 5.37. The number of nitrogens with two attached hydrogens (primary N) is 1. The van der Waals surface area contributed by atoms with E-state index in [4.69, 9.17) is 5.73 Å². The molecule has 2 aliphatic rings. The van der Waals surface area contributed by atoms with E-state index >= 15 is 0 Å². The van der Waals surface area contributed by atoms with Gasteiger partial charge in [-0.15, -0.1) is 0 Å². The molecule has 8 nitrogen and oxygen atoms in total. The van der Waals surface area contributed by atoms with Gasteiger partial charge in [0, 0.05) is 47.2 Å². The Morgan fingerprint density at radius 3 is 2.22 bits per heavy atom. The fraction of sp³-hybridized carbons (Fsp3) is 0.500. The van der Waals surface area contributed by atoms with Crippen LogP contribution in [0.4, 0.5) is 11.5 Å². The summed E-state index contributed by atoms with van der Waals surface area (Å²) in [6.07, 6.45) is 5.43. The number of carbonyl (C=O) groups is 3. The summed E-state index contributed by atoms with van der Waals surface area (Å²) in [5, 5.41) is 6.59. The fourth-order valence-electron chi connectivity index (χ4n) is 5.15. The summed E-state index contributed by atoms with van der Waals surface area (Å²) in [4.78, 5) is 43.7. The van der Waals surface area contributed by atoms with E-state index in [0.29, 0.717) is 34.5 Å². The lowest BCUT2D eigenvalue weighted by molar-refractivity contribution is 0.0924. The van der Waals surface area contributed by atoms with Gasteiger partial charge in [-0.05, 0) is 75.3 Å². The number of rotatable bonds is 7. The van der Waals surface area contributed by atoms with Gasteiger partial charge in [0.25, 0.3) is 11.8 Å². The highest BCUT2D eigenvalue weighted by Crippen LogP contribution is 2.38. The van der Waals surface area contributed by atoms with E-state index in [1.54, 1.807) is 31.3 Å². The van der Waals surface area contributed by atoms with Crippen LogP contribution in [0.3, 0.4) is 0 Å². The molecule has 8 heteroatoms. The maximum Gasteiger partial charge on any atom is 0.251 e. The van der Waals surface area contributed by atoms with E-state index in [0.717, 1.165) is 31.5 Å². The predicted molar refractivity (Wildman–Crippen MR) is 142 cm³/mol. The highest BCUT2D eigenvalue weighted by Gasteiger charge is 2.41. The first kappa shape index (κ1) is 25.7. The number of Topliss-reactive ketones (excluding diaryl/α,β-unsaturated/α-hetero) is 1. The van der Waals surface area contributed by atoms with Gasteiger partial charge in [-0.2, -0.15) is 0 Å². The Morgan fingerprint density at radius 1 is 1.06 bits per heavy atom. The molecule has 0 saturated carbocycles. The molecule has 2 fully saturated rings. The summed E-state index contributed by atoms with van der Waals surface area (Å²) in [7, 11) is 0. The summed E-state index contributed by atoms with van der Waals surface area (Å²) in [5.74, 6) is 0.218. The highest BCUT2D eigenvalue weighted by atomic mass is 16.2. The third-order valence-corrected chi connectivity index (χ3v) is 7.71. The number of primary amides is 1. The van der Waals surface area contributed by atoms with Gasteiger partial charge in [0.2, 0.25) is 0 Å². The van der Waals surface area contributed by atoms with E-state index in [1.165, 1.54) is 0 Å². The lowest BCUT2D eigenvalue weighted by Gasteiger charge is -2.40. The number of nitrogens with zero attached hydrogens (tertiary/aromatic N) is 2. The Bertz CT molecular complexity index is 1140. The number of pyridine rings is 1. The third-order valence-electron chi connectivity index (χ3n) is 7.71. The molecule has 2 aromatic rings. The van der Waals surface area contributed by atoms with Crippen molar-refractivity contribution in [1.82, 2.24) is 10.3 Å². The van der Waals surface area contributed by atoms with E-state index < -0.39 is 5.91 Å². The molecule has 0 aliphatic carbocycles. The average molecular weight is 492 g/mol. The van der Waals surface area contributed by atoms with Crippen LogP contribution >= 0.6 is 0 Å². The maximum absolute atomic E-state index is 13.2. The van der Waals surface area contributed by atoms with Crippen molar-refractivity contribution in [2.75, 3.05) is 10.2 Å². The van der Waals surface area contributed by atoms with Gasteiger partial charge in [0.15, 0.2) is 5.78 Å². The predicted octanol–water partition coefficient (Wildman–Crippen LogP) is 4.16. The van der Waals surface area contributed by atoms with Gasteiger partial charge in [-0.25, -0.2) is 4.98 Å². The number of fused-ring (bicyclic) bond motifs is 2. The Hall–Kier alpha value is -3.42. The Balaban J connectivity index is 1.45. The lowest BCUT2D eigenvalue weighted by atomic mass is 9.87. The van der Waals surface area contributed by atoms with Crippen molar-refractivity contribution in [3.63, 3.8) is 0 Å². The second-order valence-electron chi connectivity index (χ2n) is 11.3. The largest absolute Gasteiger partial charge is 0.381 e. The van der Waals surface area contributed by atoms with E-state index in [-0.39, 0.29) is 29.2 Å². The summed E-state index contributed by atoms with van der Waals surface area (Å²) in [6, 6.07) is 9.48. The maximum atomic E-state index is 13.2. The summed E-state index contributed by atoms with van der Waals surface area (Å²) >= 11 is 0. The first-order chi connectivity index (χ1) is 16.9. The zero-order chi connectivity index (χ0) is 26.2. The normalized spacial score (nSPS) is 22.1. The van der Waals surface area contributed by atoms with E-state index in [1.807, 2.05) is 19.1 Å². The van der Waals surface area contributed by atoms with Crippen molar-refractivity contribution in [3.05, 3.63) is 53.2 Å². The minimum Gasteiger partial charge on any atom is -0.381 e. The van der Waals surface area contributed by atoms with Crippen molar-refractivity contribution in [3.8, 4) is 0 Å². The van der Waals surface area contributed by atoms with Gasteiger partial charge < -0.3 is 21.3 Å². The number of ketones is 1. The van der Waals surface area contributed by atoms with Crippen LogP contribution in [-0.2, 0) is 0 Å². The molecule has 0 radical (unpaired) electrons. The second kappa shape index (κ2) is 9.91. The van der Waals surface area contributed by atoms with Gasteiger partial charge in [0.05, 0.1) is 5.56 Å². The molecular weight excluding hydrogens is 454 g/mol. The molecule has 1 unspecified atom stereocenters. The van der Waals surface area contributed by atoms with Crippen LogP contribution in [-0.4, -0.2) is 46.7 Å². The van der Waals surface area contributed by atoms with Gasteiger partial charge in [0.1, 0.15) is 5.82 Å². The number of anilines is 2. The minimum absolute atomic E-state index is 0.00789. The number of aromatic nitrogens is 1. The van der Waals surface area contributed by atoms with Crippen LogP contribution in [0.15, 0.2) is 36.5 Å². The molecular formula is C28H37N5O3. The molecule has 3 heterocycles. The zero-order valence-electron chi connectivity index (χ0n) is 21.8. The zero-order valence-corrected chi connectivity index (χ0v) is 21.8. The molecule has 1 aromatic carbocycles. The van der Waals surface area contributed by atoms with Gasteiger partial charge in [-0.3, -0.25) is 14.4 Å². The first-order valence-corrected chi connectivity index (χ1v) is 12.7. The minimum atomic E-state index is -0.528. The van der Waals surface area contributed by atoms with Crippen LogP contribution in [0.5, 0.6) is 0 Å². The molecule has 0 spiro atoms. The Labute approximate surface area is 213 Å². The van der Waals surface area contributed by atoms with Crippen LogP contribution < -0.4 is 21.3 Å². The van der Waals surface area contributed by atoms with Crippen molar-refractivity contribution in [2.45, 2.75) is 84.5 Å². The topological polar surface area (TPSA) is 117 Å². The second-order valence-corrected chi connectivity index (χ2v) is 11.3. The number of piperidine rings is 1. The summed E-state index contributed by atoms with van der Waals surface area (Å²) in [5.41, 5.74) is 7.61. The number of hydrogen-bond acceptors (Lipinski definition) is 6. The SMILES string of the molecule is CC(=O)c1ccc(N2[C@@H]3CC[C@H]2C[C@@H](NC(=O)c2ccc(C(N)=O)c(NC(C)C(C)(C)C)c2)C3)nc1. The number of amides is 2. The molecule has 2 bridgehead atoms. The number of benzene rings is 1. The molecule has 36 heavy (non-hydrogen) atoms. The van der Waals surface area contributed by atoms with Crippen molar-refractivity contribution < 1.29 is 14.4 Å². The van der Waals surface area contributed by atoms with Gasteiger partial charge in [-0.1, -0.05) is 20.8 Å². The van der Waals surface area contributed by atoms with Crippen LogP contribution in [0.25, 0.3) is 0 Å². The van der Waals surface area contributed by atoms with Crippen molar-refractivity contribution >= 4 is 29.1 Å². The van der Waals surface area contributed by atoms with Crippen molar-refractivity contribution in [2.24, 2.45) is 11.1 Å². The number of carbonyl (C=O) groups excluding carboxylic acids is 3. The quantitative estimate of drug-likeness (QED) is 0.501. The molecule has 2 saturated heterocycles. The van der Waals surface area contributed by atoms with Crippen molar-refractivity contribution in [1.29, 1.82) is 0 Å². The fourth-order valence-corrected chi connectivity index (χ4v) is 5.15. The molecule has 192 valence electrons. The van der Waals surface area contributed by atoms with Gasteiger partial charge >= 0.3 is 0 Å².